The molecule has 0 aliphatic carbocycles. The average Bonchev–Trinajstić information content (AvgIpc) is 3.41. The molecule has 3 aliphatic heterocycles. The van der Waals surface area contributed by atoms with E-state index in [9.17, 15) is 29.5 Å². The van der Waals surface area contributed by atoms with Crippen LogP contribution in [0.15, 0.2) is 21.8 Å². The number of nitrogen functional groups attached to an aromatic ring is 1. The minimum absolute atomic E-state index is 0.0486. The number of hydrogen-bond acceptors (Lipinski definition) is 12. The number of likely N-dealkylation sites (N-methyl/N-ethyl adjacent to an activating group) is 1. The number of hydrogen-bond donors (Lipinski definition) is 4. The molecule has 0 spiro atoms. The lowest BCUT2D eigenvalue weighted by molar-refractivity contribution is -0.916. The Bertz CT molecular complexity index is 1170. The molecule has 16 heteroatoms. The minimum Gasteiger partial charge on any atom is -0.543 e. The van der Waals surface area contributed by atoms with E-state index in [2.05, 4.69) is 15.5 Å². The number of quaternary nitrogens is 1. The third-order valence-corrected chi connectivity index (χ3v) is 8.68. The Morgan fingerprint density at radius 3 is 2.81 bits per heavy atom. The number of nitrogens with two attached hydrogens (primary N) is 2. The van der Waals surface area contributed by atoms with Gasteiger partial charge in [-0.2, -0.15) is 0 Å². The summed E-state index contributed by atoms with van der Waals surface area (Å²) in [6.07, 6.45) is 0.776. The first-order valence-electron chi connectivity index (χ1n) is 10.9. The van der Waals surface area contributed by atoms with Gasteiger partial charge in [-0.3, -0.25) is 14.5 Å². The van der Waals surface area contributed by atoms with Gasteiger partial charge in [-0.15, -0.1) is 23.1 Å². The van der Waals surface area contributed by atoms with Gasteiger partial charge in [0.05, 0.1) is 25.3 Å². The number of aliphatic carboxylic acids is 1. The zero-order chi connectivity index (χ0) is 26.2. The number of β-lactam (4-membered cyclic amide) rings is 1. The van der Waals surface area contributed by atoms with Crippen molar-refractivity contribution in [1.29, 1.82) is 0 Å². The van der Waals surface area contributed by atoms with Gasteiger partial charge >= 0.3 is 6.09 Å². The van der Waals surface area contributed by atoms with Crippen LogP contribution in [0.4, 0.5) is 9.93 Å². The Morgan fingerprint density at radius 2 is 2.19 bits per heavy atom. The highest BCUT2D eigenvalue weighted by molar-refractivity contribution is 8.00. The molecule has 1 aromatic rings. The molecule has 2 saturated heterocycles. The number of thioether (sulfide) groups is 1. The van der Waals surface area contributed by atoms with Gasteiger partial charge in [-0.1, -0.05) is 5.16 Å². The second-order valence-electron chi connectivity index (χ2n) is 8.91. The fourth-order valence-electron chi connectivity index (χ4n) is 4.88. The molecule has 1 aromatic heterocycles. The first-order valence-corrected chi connectivity index (χ1v) is 12.9. The van der Waals surface area contributed by atoms with E-state index in [-0.39, 0.29) is 29.2 Å². The summed E-state index contributed by atoms with van der Waals surface area (Å²) in [5.74, 6) is -2.66. The fraction of sp³-hybridized carbons (Fsp3) is 0.500. The number of amides is 3. The van der Waals surface area contributed by atoms with Crippen LogP contribution < -0.4 is 21.9 Å². The Labute approximate surface area is 213 Å². The minimum atomic E-state index is -1.49. The molecule has 0 saturated carbocycles. The predicted octanol–water partition coefficient (Wildman–Crippen LogP) is -1.99. The van der Waals surface area contributed by atoms with Crippen molar-refractivity contribution < 1.29 is 38.7 Å². The van der Waals surface area contributed by atoms with E-state index in [1.165, 1.54) is 17.1 Å². The van der Waals surface area contributed by atoms with E-state index in [1.807, 2.05) is 7.05 Å². The molecule has 3 aliphatic rings. The van der Waals surface area contributed by atoms with E-state index in [0.29, 0.717) is 22.4 Å². The number of nitrogens with zero attached hydrogens (tertiary/aromatic N) is 4. The van der Waals surface area contributed by atoms with Crippen LogP contribution in [0, 0.1) is 0 Å². The number of anilines is 1. The molecule has 3 amide bonds. The highest BCUT2D eigenvalue weighted by Crippen LogP contribution is 2.41. The lowest BCUT2D eigenvalue weighted by atomic mass is 10.0. The molecule has 0 radical (unpaired) electrons. The first-order chi connectivity index (χ1) is 17.1. The number of thiazole rings is 1. The number of rotatable bonds is 8. The molecule has 194 valence electrons. The van der Waals surface area contributed by atoms with Crippen molar-refractivity contribution >= 4 is 57.8 Å². The standard InChI is InChI=1S/C20H25N7O7S2/c1-27(4-2-3-10(27)6-34-20(22)32)5-9-7-35-17-13(16(29)26(17)14(9)18(30)31)24-15(28)12(25-33)11-8-36-19(21)23-11/h8,10,13,17H,2-7H2,1H3,(H6-,21,22,23,24,28,30,31,32,33)/t10?,13?,17-,27?/m1/s1. The third-order valence-electron chi connectivity index (χ3n) is 6.66. The summed E-state index contributed by atoms with van der Waals surface area (Å²) >= 11 is 2.36. The number of primary amides is 1. The molecule has 14 nitrogen and oxygen atoms in total. The number of nitrogens with one attached hydrogen (secondary N) is 1. The molecule has 36 heavy (non-hydrogen) atoms. The molecule has 6 N–H and O–H groups in total. The maximum absolute atomic E-state index is 13.0. The van der Waals surface area contributed by atoms with Gasteiger partial charge < -0.3 is 41.1 Å². The van der Waals surface area contributed by atoms with Gasteiger partial charge in [-0.25, -0.2) is 9.78 Å². The maximum atomic E-state index is 13.0. The van der Waals surface area contributed by atoms with Gasteiger partial charge in [0.15, 0.2) is 10.8 Å². The fourth-order valence-corrected chi connectivity index (χ4v) is 6.76. The molecule has 4 rings (SSSR count). The number of carbonyl (C=O) groups excluding carboxylic acids is 4. The lowest BCUT2D eigenvalue weighted by Gasteiger charge is -2.51. The van der Waals surface area contributed by atoms with E-state index < -0.39 is 41.0 Å². The van der Waals surface area contributed by atoms with Gasteiger partial charge in [0, 0.05) is 29.5 Å². The zero-order valence-electron chi connectivity index (χ0n) is 19.2. The number of carboxylic acids is 1. The molecular formula is C20H25N7O7S2. The maximum Gasteiger partial charge on any atom is 0.404 e. The van der Waals surface area contributed by atoms with Crippen LogP contribution in [-0.4, -0.2) is 99.1 Å². The summed E-state index contributed by atoms with van der Waals surface area (Å²) in [6.45, 7) is 1.18. The van der Waals surface area contributed by atoms with Crippen LogP contribution in [0.25, 0.3) is 0 Å². The van der Waals surface area contributed by atoms with Crippen LogP contribution in [0.2, 0.25) is 0 Å². The van der Waals surface area contributed by atoms with Gasteiger partial charge in [-0.05, 0) is 0 Å². The number of carbonyl (C=O) groups is 4. The summed E-state index contributed by atoms with van der Waals surface area (Å²) in [5.41, 5.74) is 10.6. The number of oxime groups is 1. The smallest absolute Gasteiger partial charge is 0.404 e. The number of ether oxygens (including phenoxy) is 1. The molecular weight excluding hydrogens is 514 g/mol. The van der Waals surface area contributed by atoms with E-state index in [1.54, 1.807) is 0 Å². The lowest BCUT2D eigenvalue weighted by Crippen LogP contribution is -2.72. The highest BCUT2D eigenvalue weighted by Gasteiger charge is 2.54. The average molecular weight is 540 g/mol. The normalized spacial score (nSPS) is 27.9. The molecule has 4 heterocycles. The number of fused-ring (bicyclic) bond motifs is 1. The molecule has 3 unspecified atom stereocenters. The second-order valence-corrected chi connectivity index (χ2v) is 10.9. The van der Waals surface area contributed by atoms with Crippen molar-refractivity contribution in [2.75, 3.05) is 38.2 Å². The van der Waals surface area contributed by atoms with Crippen LogP contribution >= 0.6 is 23.1 Å². The van der Waals surface area contributed by atoms with Gasteiger partial charge in [0.25, 0.3) is 11.8 Å². The predicted molar refractivity (Wildman–Crippen MR) is 126 cm³/mol. The van der Waals surface area contributed by atoms with Crippen molar-refractivity contribution in [1.82, 2.24) is 15.2 Å². The first kappa shape index (κ1) is 25.7. The number of likely N-dealkylation sites (tertiary alicyclic amines) is 1. The van der Waals surface area contributed by atoms with Crippen molar-refractivity contribution in [3.05, 3.63) is 22.3 Å². The monoisotopic (exact) mass is 539 g/mol. The van der Waals surface area contributed by atoms with Gasteiger partial charge in [0.1, 0.15) is 36.3 Å². The van der Waals surface area contributed by atoms with E-state index >= 15 is 0 Å². The topological polar surface area (TPSA) is 213 Å². The number of carboxylic acid groups (broad SMARTS) is 1. The third kappa shape index (κ3) is 4.70. The molecule has 0 bridgehead atoms. The zero-order valence-corrected chi connectivity index (χ0v) is 20.8. The Balaban J connectivity index is 1.50. The Morgan fingerprint density at radius 1 is 1.44 bits per heavy atom. The summed E-state index contributed by atoms with van der Waals surface area (Å²) in [7, 11) is 1.95. The summed E-state index contributed by atoms with van der Waals surface area (Å²) in [5, 5.41) is 27.8. The number of aromatic nitrogens is 1. The van der Waals surface area contributed by atoms with E-state index in [4.69, 9.17) is 16.2 Å². The molecule has 2 fully saturated rings. The van der Waals surface area contributed by atoms with Crippen LogP contribution in [0.1, 0.15) is 18.5 Å². The largest absolute Gasteiger partial charge is 0.543 e. The summed E-state index contributed by atoms with van der Waals surface area (Å²) in [4.78, 5) is 53.8. The van der Waals surface area contributed by atoms with Crippen LogP contribution in [0.3, 0.4) is 0 Å². The van der Waals surface area contributed by atoms with Gasteiger partial charge in [0.2, 0.25) is 0 Å². The van der Waals surface area contributed by atoms with Crippen molar-refractivity contribution in [2.24, 2.45) is 10.9 Å². The molecule has 4 atom stereocenters. The van der Waals surface area contributed by atoms with Crippen molar-refractivity contribution in [3.8, 4) is 0 Å². The highest BCUT2D eigenvalue weighted by atomic mass is 32.2. The summed E-state index contributed by atoms with van der Waals surface area (Å²) in [6, 6.07) is -1.09. The van der Waals surface area contributed by atoms with Crippen LogP contribution in [0.5, 0.6) is 0 Å². The van der Waals surface area contributed by atoms with Crippen LogP contribution in [-0.2, 0) is 19.1 Å². The quantitative estimate of drug-likeness (QED) is 0.0938. The van der Waals surface area contributed by atoms with E-state index in [0.717, 1.165) is 35.6 Å². The summed E-state index contributed by atoms with van der Waals surface area (Å²) < 4.78 is 5.42. The Kier molecular flexibility index (Phi) is 7.10. The van der Waals surface area contributed by atoms with Crippen molar-refractivity contribution in [2.45, 2.75) is 30.3 Å². The SMILES string of the molecule is C[N+]1(CC2=C(C(=O)[O-])N3C(=O)C(NC(=O)C(=NO)c4csc(N)n4)[C@H]3SC2)CCCC1COC(N)=O. The second kappa shape index (κ2) is 9.94. The molecule has 0 aromatic carbocycles. The van der Waals surface area contributed by atoms with Crippen molar-refractivity contribution in [3.63, 3.8) is 0 Å². The Hall–Kier alpha value is -3.37.